The molecule has 2 aliphatic heterocycles. The van der Waals surface area contributed by atoms with E-state index >= 15 is 0 Å². The van der Waals surface area contributed by atoms with E-state index in [1.807, 2.05) is 0 Å². The van der Waals surface area contributed by atoms with E-state index in [1.165, 1.54) is 12.1 Å². The number of benzene rings is 1. The molecule has 0 aromatic heterocycles. The largest absolute Gasteiger partial charge is 0.275 e. The molecule has 4 amide bonds. The lowest BCUT2D eigenvalue weighted by molar-refractivity contribution is -0.157. The third-order valence-electron chi connectivity index (χ3n) is 4.26. The highest BCUT2D eigenvalue weighted by Gasteiger charge is 2.49. The van der Waals surface area contributed by atoms with Crippen molar-refractivity contribution in [2.75, 3.05) is 0 Å². The van der Waals surface area contributed by atoms with E-state index in [4.69, 9.17) is 0 Å². The molecule has 126 valence electrons. The molecule has 0 radical (unpaired) electrons. The van der Waals surface area contributed by atoms with Gasteiger partial charge in [-0.1, -0.05) is 6.07 Å². The number of fused-ring (bicyclic) bond motifs is 1. The molecule has 1 fully saturated rings. The number of carbonyl (C=O) groups excluding carboxylic acids is 4. The van der Waals surface area contributed by atoms with Crippen LogP contribution in [0.2, 0.25) is 0 Å². The first kappa shape index (κ1) is 16.3. The highest BCUT2D eigenvalue weighted by atomic mass is 19.1. The Labute approximate surface area is 138 Å². The third kappa shape index (κ3) is 2.23. The Hall–Kier alpha value is -2.57. The second kappa shape index (κ2) is 5.22. The number of rotatable bonds is 1. The topological polar surface area (TPSA) is 74.8 Å². The van der Waals surface area contributed by atoms with E-state index in [1.54, 1.807) is 20.8 Å². The quantitative estimate of drug-likeness (QED) is 0.734. The Bertz CT molecular complexity index is 781. The number of nitrogens with zero attached hydrogens (tertiary/aromatic N) is 2. The molecule has 0 N–H and O–H groups in total. The summed E-state index contributed by atoms with van der Waals surface area (Å²) in [5.74, 6) is -3.26. The molecule has 7 heteroatoms. The molecule has 0 aliphatic carbocycles. The fourth-order valence-corrected chi connectivity index (χ4v) is 3.26. The van der Waals surface area contributed by atoms with Crippen molar-refractivity contribution in [2.45, 2.75) is 45.2 Å². The molecule has 1 unspecified atom stereocenters. The molecular formula is C17H17FN2O4. The molecule has 6 nitrogen and oxygen atoms in total. The summed E-state index contributed by atoms with van der Waals surface area (Å²) in [6, 6.07) is 2.71. The number of hydrogen-bond donors (Lipinski definition) is 0. The maximum absolute atomic E-state index is 13.9. The first-order valence-electron chi connectivity index (χ1n) is 7.68. The number of piperidine rings is 1. The van der Waals surface area contributed by atoms with Crippen molar-refractivity contribution in [2.24, 2.45) is 0 Å². The molecule has 1 atom stereocenters. The van der Waals surface area contributed by atoms with Crippen molar-refractivity contribution < 1.29 is 23.6 Å². The summed E-state index contributed by atoms with van der Waals surface area (Å²) in [5.41, 5.74) is -1.13. The van der Waals surface area contributed by atoms with Crippen LogP contribution in [0, 0.1) is 5.82 Å². The van der Waals surface area contributed by atoms with Crippen LogP contribution in [0.1, 0.15) is 54.3 Å². The number of carbonyl (C=O) groups is 4. The SMILES string of the molecule is CC(C)(C)N1C(=O)CCC(N2C(=O)c3cccc(F)c3C2=O)C1=O. The molecule has 1 saturated heterocycles. The predicted molar refractivity (Wildman–Crippen MR) is 81.5 cm³/mol. The van der Waals surface area contributed by atoms with Crippen LogP contribution in [-0.2, 0) is 9.59 Å². The average Bonchev–Trinajstić information content (AvgIpc) is 2.71. The van der Waals surface area contributed by atoms with E-state index < -0.39 is 35.1 Å². The maximum atomic E-state index is 13.9. The zero-order valence-electron chi connectivity index (χ0n) is 13.6. The lowest BCUT2D eigenvalue weighted by Gasteiger charge is -2.41. The highest BCUT2D eigenvalue weighted by Crippen LogP contribution is 2.32. The molecule has 1 aromatic carbocycles. The van der Waals surface area contributed by atoms with E-state index in [9.17, 15) is 23.6 Å². The van der Waals surface area contributed by atoms with Crippen LogP contribution in [-0.4, -0.2) is 45.0 Å². The molecule has 24 heavy (non-hydrogen) atoms. The number of likely N-dealkylation sites (tertiary alicyclic amines) is 1. The van der Waals surface area contributed by atoms with Gasteiger partial charge in [-0.2, -0.15) is 0 Å². The van der Waals surface area contributed by atoms with Gasteiger partial charge in [-0.25, -0.2) is 4.39 Å². The molecule has 0 spiro atoms. The van der Waals surface area contributed by atoms with Gasteiger partial charge in [0.05, 0.1) is 11.1 Å². The third-order valence-corrected chi connectivity index (χ3v) is 4.26. The average molecular weight is 332 g/mol. The first-order valence-corrected chi connectivity index (χ1v) is 7.68. The first-order chi connectivity index (χ1) is 11.1. The second-order valence-corrected chi connectivity index (χ2v) is 6.94. The van der Waals surface area contributed by atoms with Crippen molar-refractivity contribution in [1.82, 2.24) is 9.80 Å². The molecule has 2 aliphatic rings. The van der Waals surface area contributed by atoms with Crippen molar-refractivity contribution in [3.63, 3.8) is 0 Å². The van der Waals surface area contributed by atoms with E-state index in [-0.39, 0.29) is 29.9 Å². The van der Waals surface area contributed by atoms with Gasteiger partial charge in [0.1, 0.15) is 11.9 Å². The van der Waals surface area contributed by atoms with Crippen LogP contribution in [0.15, 0.2) is 18.2 Å². The van der Waals surface area contributed by atoms with Crippen molar-refractivity contribution in [3.8, 4) is 0 Å². The minimum Gasteiger partial charge on any atom is -0.275 e. The summed E-state index contributed by atoms with van der Waals surface area (Å²) in [4.78, 5) is 51.8. The smallest absolute Gasteiger partial charge is 0.265 e. The summed E-state index contributed by atoms with van der Waals surface area (Å²) in [6.07, 6.45) is 0.0981. The van der Waals surface area contributed by atoms with Gasteiger partial charge in [0.2, 0.25) is 5.91 Å². The highest BCUT2D eigenvalue weighted by molar-refractivity contribution is 6.23. The fourth-order valence-electron chi connectivity index (χ4n) is 3.26. The molecule has 2 heterocycles. The summed E-state index contributed by atoms with van der Waals surface area (Å²) in [7, 11) is 0. The van der Waals surface area contributed by atoms with Gasteiger partial charge in [-0.15, -0.1) is 0 Å². The number of halogens is 1. The van der Waals surface area contributed by atoms with Gasteiger partial charge in [0.15, 0.2) is 0 Å². The van der Waals surface area contributed by atoms with Crippen LogP contribution in [0.25, 0.3) is 0 Å². The summed E-state index contributed by atoms with van der Waals surface area (Å²) in [6.45, 7) is 5.10. The van der Waals surface area contributed by atoms with Gasteiger partial charge >= 0.3 is 0 Å². The van der Waals surface area contributed by atoms with Gasteiger partial charge in [0.25, 0.3) is 17.7 Å². The summed E-state index contributed by atoms with van der Waals surface area (Å²) in [5, 5.41) is 0. The normalized spacial score (nSPS) is 21.6. The van der Waals surface area contributed by atoms with Gasteiger partial charge in [-0.3, -0.25) is 29.0 Å². The summed E-state index contributed by atoms with van der Waals surface area (Å²) < 4.78 is 13.9. The Balaban J connectivity index is 2.00. The summed E-state index contributed by atoms with van der Waals surface area (Å²) >= 11 is 0. The standard InChI is InChI=1S/C17H17FN2O4/c1-17(2,3)20-12(21)8-7-11(15(20)23)19-14(22)9-5-4-6-10(18)13(9)16(19)24/h4-6,11H,7-8H2,1-3H3. The lowest BCUT2D eigenvalue weighted by atomic mass is 9.96. The van der Waals surface area contributed by atoms with Gasteiger partial charge in [0, 0.05) is 12.0 Å². The van der Waals surface area contributed by atoms with Crippen LogP contribution in [0.4, 0.5) is 4.39 Å². The van der Waals surface area contributed by atoms with Gasteiger partial charge in [-0.05, 0) is 39.3 Å². The second-order valence-electron chi connectivity index (χ2n) is 6.94. The molecule has 0 saturated carbocycles. The fraction of sp³-hybridized carbons (Fsp3) is 0.412. The number of amides is 4. The molecule has 3 rings (SSSR count). The van der Waals surface area contributed by atoms with Crippen LogP contribution in [0.3, 0.4) is 0 Å². The number of imide groups is 2. The molecular weight excluding hydrogens is 315 g/mol. The monoisotopic (exact) mass is 332 g/mol. The maximum Gasteiger partial charge on any atom is 0.265 e. The van der Waals surface area contributed by atoms with Crippen molar-refractivity contribution in [3.05, 3.63) is 35.1 Å². The van der Waals surface area contributed by atoms with Crippen molar-refractivity contribution >= 4 is 23.6 Å². The minimum absolute atomic E-state index is 0.0452. The Kier molecular flexibility index (Phi) is 3.55. The predicted octanol–water partition coefficient (Wildman–Crippen LogP) is 1.74. The number of hydrogen-bond acceptors (Lipinski definition) is 4. The minimum atomic E-state index is -1.09. The van der Waals surface area contributed by atoms with Gasteiger partial charge < -0.3 is 0 Å². The zero-order chi connectivity index (χ0) is 17.8. The molecule has 1 aromatic rings. The Morgan fingerprint density at radius 3 is 2.33 bits per heavy atom. The van der Waals surface area contributed by atoms with Crippen LogP contribution in [0.5, 0.6) is 0 Å². The Morgan fingerprint density at radius 2 is 1.75 bits per heavy atom. The lowest BCUT2D eigenvalue weighted by Crippen LogP contribution is -2.61. The zero-order valence-corrected chi connectivity index (χ0v) is 13.6. The van der Waals surface area contributed by atoms with E-state index in [0.29, 0.717) is 0 Å². The van der Waals surface area contributed by atoms with Crippen molar-refractivity contribution in [1.29, 1.82) is 0 Å². The Morgan fingerprint density at radius 1 is 1.08 bits per heavy atom. The van der Waals surface area contributed by atoms with E-state index in [2.05, 4.69) is 0 Å². The van der Waals surface area contributed by atoms with Crippen LogP contribution < -0.4 is 0 Å². The molecule has 0 bridgehead atoms. The van der Waals surface area contributed by atoms with Crippen LogP contribution >= 0.6 is 0 Å². The van der Waals surface area contributed by atoms with E-state index in [0.717, 1.165) is 15.9 Å².